The average Bonchev–Trinajstić information content (AvgIpc) is 3.45. The van der Waals surface area contributed by atoms with Crippen LogP contribution < -0.4 is 5.32 Å². The van der Waals surface area contributed by atoms with Crippen LogP contribution in [0.1, 0.15) is 373 Å². The van der Waals surface area contributed by atoms with Gasteiger partial charge in [0, 0.05) is 0 Å². The van der Waals surface area contributed by atoms with Gasteiger partial charge in [0.1, 0.15) is 12.2 Å². The van der Waals surface area contributed by atoms with Gasteiger partial charge in [0.05, 0.1) is 18.8 Å². The molecule has 5 N–H and O–H groups in total. The SMILES string of the molecule is CCCCCCCCCCCCCC/C=C\CCCCCCCCCCCCCCCCCCC(O)C(=O)NC(CO)C(O)C(O)CCC/C=C/CC/C=C/CC/C=C/CCCCCCCCCCCCCCCCCCC. The monoisotopic (exact) mass is 1100 g/mol. The van der Waals surface area contributed by atoms with Crippen LogP contribution in [0.5, 0.6) is 0 Å². The summed E-state index contributed by atoms with van der Waals surface area (Å²) in [4.78, 5) is 12.7. The van der Waals surface area contributed by atoms with E-state index >= 15 is 0 Å². The molecule has 0 bridgehead atoms. The smallest absolute Gasteiger partial charge is 0.249 e. The number of rotatable bonds is 65. The number of hydrogen-bond acceptors (Lipinski definition) is 5. The van der Waals surface area contributed by atoms with Gasteiger partial charge in [-0.3, -0.25) is 4.79 Å². The highest BCUT2D eigenvalue weighted by Gasteiger charge is 2.28. The molecule has 0 aliphatic carbocycles. The zero-order valence-electron chi connectivity index (χ0n) is 52.4. The number of aliphatic hydroxyl groups excluding tert-OH is 4. The lowest BCUT2D eigenvalue weighted by atomic mass is 10.00. The predicted octanol–water partition coefficient (Wildman–Crippen LogP) is 21.7. The number of allylic oxidation sites excluding steroid dienone is 8. The van der Waals surface area contributed by atoms with Gasteiger partial charge >= 0.3 is 0 Å². The van der Waals surface area contributed by atoms with Crippen molar-refractivity contribution in [1.82, 2.24) is 5.32 Å². The van der Waals surface area contributed by atoms with Crippen molar-refractivity contribution in [2.45, 2.75) is 398 Å². The molecule has 0 fully saturated rings. The Balaban J connectivity index is 3.61. The van der Waals surface area contributed by atoms with Crippen molar-refractivity contribution in [3.63, 3.8) is 0 Å². The van der Waals surface area contributed by atoms with Gasteiger partial charge in [-0.1, -0.05) is 332 Å². The highest BCUT2D eigenvalue weighted by molar-refractivity contribution is 5.80. The van der Waals surface area contributed by atoms with Crippen LogP contribution >= 0.6 is 0 Å². The molecular weight excluding hydrogens is 959 g/mol. The third kappa shape index (κ3) is 58.9. The topological polar surface area (TPSA) is 110 Å². The molecule has 0 radical (unpaired) electrons. The molecule has 4 atom stereocenters. The van der Waals surface area contributed by atoms with Gasteiger partial charge < -0.3 is 25.7 Å². The molecular formula is C72H137NO5. The third-order valence-corrected chi connectivity index (χ3v) is 16.5. The molecule has 0 saturated heterocycles. The number of hydrogen-bond donors (Lipinski definition) is 5. The first-order valence-corrected chi connectivity index (χ1v) is 35.0. The van der Waals surface area contributed by atoms with Crippen LogP contribution in [0.4, 0.5) is 0 Å². The molecule has 0 aliphatic rings. The fourth-order valence-corrected chi connectivity index (χ4v) is 11.0. The van der Waals surface area contributed by atoms with E-state index in [4.69, 9.17) is 0 Å². The third-order valence-electron chi connectivity index (χ3n) is 16.5. The van der Waals surface area contributed by atoms with Gasteiger partial charge in [-0.2, -0.15) is 0 Å². The first-order valence-electron chi connectivity index (χ1n) is 35.0. The van der Waals surface area contributed by atoms with Crippen LogP contribution in [0.25, 0.3) is 0 Å². The maximum absolute atomic E-state index is 12.7. The molecule has 0 spiro atoms. The van der Waals surface area contributed by atoms with Crippen LogP contribution in [-0.4, -0.2) is 57.3 Å². The Morgan fingerprint density at radius 1 is 0.308 bits per heavy atom. The molecule has 0 aromatic carbocycles. The van der Waals surface area contributed by atoms with Crippen LogP contribution in [-0.2, 0) is 4.79 Å². The fourth-order valence-electron chi connectivity index (χ4n) is 11.0. The molecule has 4 unspecified atom stereocenters. The normalized spacial score (nSPS) is 13.8. The van der Waals surface area contributed by atoms with Gasteiger partial charge in [0.15, 0.2) is 0 Å². The second-order valence-corrected chi connectivity index (χ2v) is 24.2. The summed E-state index contributed by atoms with van der Waals surface area (Å²) < 4.78 is 0. The van der Waals surface area contributed by atoms with Crippen LogP contribution in [0.15, 0.2) is 48.6 Å². The summed E-state index contributed by atoms with van der Waals surface area (Å²) in [5.41, 5.74) is 0. The molecule has 1 amide bonds. The van der Waals surface area contributed by atoms with Crippen molar-refractivity contribution in [3.8, 4) is 0 Å². The van der Waals surface area contributed by atoms with Crippen molar-refractivity contribution in [3.05, 3.63) is 48.6 Å². The van der Waals surface area contributed by atoms with Crippen molar-refractivity contribution >= 4 is 5.91 Å². The lowest BCUT2D eigenvalue weighted by Crippen LogP contribution is -2.53. The maximum atomic E-state index is 12.7. The van der Waals surface area contributed by atoms with E-state index in [1.54, 1.807) is 0 Å². The van der Waals surface area contributed by atoms with Gasteiger partial charge in [-0.15, -0.1) is 0 Å². The van der Waals surface area contributed by atoms with E-state index in [1.165, 1.54) is 289 Å². The molecule has 0 aromatic rings. The van der Waals surface area contributed by atoms with E-state index in [0.29, 0.717) is 19.3 Å². The van der Waals surface area contributed by atoms with Gasteiger partial charge in [0.2, 0.25) is 5.91 Å². The standard InChI is InChI=1S/C72H137NO5/c1-3-5-7-9-11-13-15-17-19-21-23-25-27-29-31-33-35-36-38-40-42-44-46-48-50-52-54-56-58-60-62-64-66-70(76)72(78)73-68(67-74)71(77)69(75)65-63-61-59-57-55-53-51-49-47-45-43-41-39-37-34-32-30-28-26-24-22-20-18-16-14-12-10-8-6-4-2/h29,31,41,43,49,51,57,59,68-71,74-77H,3-28,30,32-40,42,44-48,50,52-56,58,60-67H2,1-2H3,(H,73,78)/b31-29-,43-41+,51-49+,59-57+. The number of unbranched alkanes of at least 4 members (excludes halogenated alkanes) is 48. The first kappa shape index (κ1) is 76.3. The fraction of sp³-hybridized carbons (Fsp3) is 0.875. The molecule has 0 rings (SSSR count). The minimum atomic E-state index is -1.30. The lowest BCUT2D eigenvalue weighted by molar-refractivity contribution is -0.132. The minimum absolute atomic E-state index is 0.360. The number of carbonyl (C=O) groups excluding carboxylic acids is 1. The van der Waals surface area contributed by atoms with Crippen molar-refractivity contribution in [2.24, 2.45) is 0 Å². The Labute approximate surface area is 487 Å². The average molecular weight is 1100 g/mol. The quantitative estimate of drug-likeness (QED) is 0.0308. The minimum Gasteiger partial charge on any atom is -0.394 e. The number of carbonyl (C=O) groups is 1. The summed E-state index contributed by atoms with van der Waals surface area (Å²) in [6.07, 6.45) is 86.7. The highest BCUT2D eigenvalue weighted by atomic mass is 16.3. The van der Waals surface area contributed by atoms with Gasteiger partial charge in [-0.25, -0.2) is 0 Å². The molecule has 0 aromatic heterocycles. The summed E-state index contributed by atoms with van der Waals surface area (Å²) >= 11 is 0. The van der Waals surface area contributed by atoms with Crippen LogP contribution in [0.3, 0.4) is 0 Å². The molecule has 6 nitrogen and oxygen atoms in total. The van der Waals surface area contributed by atoms with Crippen LogP contribution in [0.2, 0.25) is 0 Å². The highest BCUT2D eigenvalue weighted by Crippen LogP contribution is 2.19. The molecule has 460 valence electrons. The van der Waals surface area contributed by atoms with E-state index in [2.05, 4.69) is 67.8 Å². The lowest BCUT2D eigenvalue weighted by Gasteiger charge is -2.27. The van der Waals surface area contributed by atoms with Gasteiger partial charge in [-0.05, 0) is 89.9 Å². The Kier molecular flexibility index (Phi) is 64.6. The van der Waals surface area contributed by atoms with Gasteiger partial charge in [0.25, 0.3) is 0 Å². The second-order valence-electron chi connectivity index (χ2n) is 24.2. The van der Waals surface area contributed by atoms with Crippen molar-refractivity contribution in [2.75, 3.05) is 6.61 Å². The van der Waals surface area contributed by atoms with Crippen molar-refractivity contribution in [1.29, 1.82) is 0 Å². The number of nitrogens with one attached hydrogen (secondary N) is 1. The van der Waals surface area contributed by atoms with Crippen LogP contribution in [0, 0.1) is 0 Å². The molecule has 0 aliphatic heterocycles. The Bertz CT molecular complexity index is 1280. The van der Waals surface area contributed by atoms with E-state index in [0.717, 1.165) is 51.4 Å². The molecule has 6 heteroatoms. The summed E-state index contributed by atoms with van der Waals surface area (Å²) in [5, 5.41) is 44.2. The van der Waals surface area contributed by atoms with E-state index in [1.807, 2.05) is 0 Å². The second kappa shape index (κ2) is 66.1. The predicted molar refractivity (Wildman–Crippen MR) is 343 cm³/mol. The summed E-state index contributed by atoms with van der Waals surface area (Å²) in [6.45, 7) is 4.09. The van der Waals surface area contributed by atoms with E-state index < -0.39 is 36.9 Å². The zero-order valence-corrected chi connectivity index (χ0v) is 52.4. The number of amides is 1. The molecule has 78 heavy (non-hydrogen) atoms. The Morgan fingerprint density at radius 2 is 0.538 bits per heavy atom. The maximum Gasteiger partial charge on any atom is 0.249 e. The summed E-state index contributed by atoms with van der Waals surface area (Å²) in [7, 11) is 0. The largest absolute Gasteiger partial charge is 0.394 e. The number of aliphatic hydroxyl groups is 4. The van der Waals surface area contributed by atoms with E-state index in [-0.39, 0.29) is 0 Å². The molecule has 0 heterocycles. The summed E-state index contributed by atoms with van der Waals surface area (Å²) in [6, 6.07) is -1.01. The zero-order chi connectivity index (χ0) is 56.6. The van der Waals surface area contributed by atoms with E-state index in [9.17, 15) is 25.2 Å². The Morgan fingerprint density at radius 3 is 0.808 bits per heavy atom. The summed E-state index contributed by atoms with van der Waals surface area (Å²) in [5.74, 6) is -0.594. The first-order chi connectivity index (χ1) is 38.5. The van der Waals surface area contributed by atoms with Crippen molar-refractivity contribution < 1.29 is 25.2 Å². The molecule has 0 saturated carbocycles. The Hall–Kier alpha value is -1.73.